The van der Waals surface area contributed by atoms with E-state index >= 15 is 0 Å². The highest BCUT2D eigenvalue weighted by Gasteiger charge is 2.16. The normalized spacial score (nSPS) is 10.6. The molecule has 7 nitrogen and oxygen atoms in total. The van der Waals surface area contributed by atoms with Gasteiger partial charge in [0.1, 0.15) is 17.3 Å². The molecule has 1 aromatic heterocycles. The third kappa shape index (κ3) is 4.56. The Hall–Kier alpha value is -3.07. The molecule has 27 heavy (non-hydrogen) atoms. The van der Waals surface area contributed by atoms with Crippen molar-refractivity contribution in [1.29, 1.82) is 0 Å². The van der Waals surface area contributed by atoms with Crippen LogP contribution >= 0.6 is 11.8 Å². The van der Waals surface area contributed by atoms with Crippen LogP contribution in [0.3, 0.4) is 0 Å². The van der Waals surface area contributed by atoms with Gasteiger partial charge in [0.15, 0.2) is 5.82 Å². The lowest BCUT2D eigenvalue weighted by Gasteiger charge is -2.06. The lowest BCUT2D eigenvalue weighted by molar-refractivity contribution is -0.131. The van der Waals surface area contributed by atoms with E-state index in [4.69, 9.17) is 15.3 Å². The van der Waals surface area contributed by atoms with E-state index < -0.39 is 11.8 Å². The lowest BCUT2D eigenvalue weighted by atomic mass is 10.2. The number of rotatable bonds is 7. The van der Waals surface area contributed by atoms with Gasteiger partial charge in [0.2, 0.25) is 5.16 Å². The molecule has 140 valence electrons. The zero-order valence-electron chi connectivity index (χ0n) is 14.5. The quantitative estimate of drug-likeness (QED) is 0.288. The van der Waals surface area contributed by atoms with Crippen LogP contribution in [0.1, 0.15) is 6.92 Å². The predicted molar refractivity (Wildman–Crippen MR) is 99.5 cm³/mol. The minimum Gasteiger partial charge on any atom is -0.494 e. The van der Waals surface area contributed by atoms with Crippen LogP contribution in [0, 0.1) is 5.82 Å². The molecule has 1 heterocycles. The standard InChI is InChI=1S/C18H17FN4O3S/c1-2-25-12-7-9-13(10-8-12)26-16(24)11-27-18-22-21-17(23(18)20)14-5-3-4-6-15(14)19/h3-10H,2,11,20H2,1H3. The molecule has 2 aromatic carbocycles. The average Bonchev–Trinajstić information content (AvgIpc) is 3.03. The van der Waals surface area contributed by atoms with E-state index in [2.05, 4.69) is 10.2 Å². The van der Waals surface area contributed by atoms with Crippen molar-refractivity contribution in [3.63, 3.8) is 0 Å². The highest BCUT2D eigenvalue weighted by molar-refractivity contribution is 7.99. The van der Waals surface area contributed by atoms with Crippen molar-refractivity contribution in [1.82, 2.24) is 14.9 Å². The van der Waals surface area contributed by atoms with Crippen LogP contribution in [-0.4, -0.2) is 33.2 Å². The molecule has 0 aliphatic rings. The Morgan fingerprint density at radius 3 is 2.56 bits per heavy atom. The Morgan fingerprint density at radius 2 is 1.85 bits per heavy atom. The summed E-state index contributed by atoms with van der Waals surface area (Å²) < 4.78 is 25.6. The maximum atomic E-state index is 13.9. The minimum atomic E-state index is -0.473. The van der Waals surface area contributed by atoms with E-state index in [1.807, 2.05) is 6.92 Å². The Morgan fingerprint density at radius 1 is 1.15 bits per heavy atom. The van der Waals surface area contributed by atoms with Gasteiger partial charge in [0, 0.05) is 0 Å². The van der Waals surface area contributed by atoms with Crippen LogP contribution in [0.4, 0.5) is 4.39 Å². The lowest BCUT2D eigenvalue weighted by Crippen LogP contribution is -2.15. The summed E-state index contributed by atoms with van der Waals surface area (Å²) in [6.45, 7) is 2.45. The first kappa shape index (κ1) is 18.7. The van der Waals surface area contributed by atoms with E-state index in [1.165, 1.54) is 6.07 Å². The summed E-state index contributed by atoms with van der Waals surface area (Å²) in [5.74, 6) is 6.25. The maximum absolute atomic E-state index is 13.9. The number of benzene rings is 2. The van der Waals surface area contributed by atoms with Crippen LogP contribution in [-0.2, 0) is 4.79 Å². The van der Waals surface area contributed by atoms with Crippen molar-refractivity contribution >= 4 is 17.7 Å². The first-order valence-corrected chi connectivity index (χ1v) is 9.08. The number of nitrogens with two attached hydrogens (primary N) is 1. The van der Waals surface area contributed by atoms with Crippen LogP contribution in [0.5, 0.6) is 11.5 Å². The van der Waals surface area contributed by atoms with Gasteiger partial charge in [-0.3, -0.25) is 4.79 Å². The number of hydrogen-bond donors (Lipinski definition) is 1. The first-order chi connectivity index (χ1) is 13.1. The van der Waals surface area contributed by atoms with Crippen LogP contribution in [0.15, 0.2) is 53.7 Å². The third-order valence-electron chi connectivity index (χ3n) is 3.46. The van der Waals surface area contributed by atoms with Gasteiger partial charge in [-0.2, -0.15) is 0 Å². The molecule has 0 atom stereocenters. The van der Waals surface area contributed by atoms with E-state index in [1.54, 1.807) is 42.5 Å². The number of carbonyl (C=O) groups is 1. The topological polar surface area (TPSA) is 92.3 Å². The first-order valence-electron chi connectivity index (χ1n) is 8.10. The summed E-state index contributed by atoms with van der Waals surface area (Å²) in [4.78, 5) is 12.0. The highest BCUT2D eigenvalue weighted by atomic mass is 32.2. The van der Waals surface area contributed by atoms with E-state index in [9.17, 15) is 9.18 Å². The highest BCUT2D eigenvalue weighted by Crippen LogP contribution is 2.24. The Balaban J connectivity index is 1.60. The van der Waals surface area contributed by atoms with Crippen LogP contribution in [0.25, 0.3) is 11.4 Å². The van der Waals surface area contributed by atoms with Crippen LogP contribution in [0.2, 0.25) is 0 Å². The zero-order valence-corrected chi connectivity index (χ0v) is 15.3. The van der Waals surface area contributed by atoms with Gasteiger partial charge in [-0.1, -0.05) is 23.9 Å². The summed E-state index contributed by atoms with van der Waals surface area (Å²) >= 11 is 1.05. The van der Waals surface area contributed by atoms with Gasteiger partial charge < -0.3 is 15.3 Å². The molecule has 2 N–H and O–H groups in total. The Kier molecular flexibility index (Phi) is 5.92. The third-order valence-corrected chi connectivity index (χ3v) is 4.38. The molecule has 0 radical (unpaired) electrons. The molecule has 3 rings (SSSR count). The zero-order chi connectivity index (χ0) is 19.2. The molecule has 0 saturated heterocycles. The SMILES string of the molecule is CCOc1ccc(OC(=O)CSc2nnc(-c3ccccc3F)n2N)cc1. The van der Waals surface area contributed by atoms with Crippen LogP contribution < -0.4 is 15.3 Å². The molecule has 3 aromatic rings. The van der Waals surface area contributed by atoms with E-state index in [0.29, 0.717) is 18.1 Å². The molecule has 0 spiro atoms. The summed E-state index contributed by atoms with van der Waals surface area (Å²) in [5, 5.41) is 8.08. The van der Waals surface area contributed by atoms with E-state index in [0.717, 1.165) is 16.4 Å². The average molecular weight is 388 g/mol. The molecule has 0 saturated carbocycles. The summed E-state index contributed by atoms with van der Waals surface area (Å²) in [5.41, 5.74) is 0.233. The van der Waals surface area contributed by atoms with E-state index in [-0.39, 0.29) is 22.3 Å². The molecule has 0 bridgehead atoms. The number of nitrogens with zero attached hydrogens (tertiary/aromatic N) is 3. The number of esters is 1. The fourth-order valence-corrected chi connectivity index (χ4v) is 2.89. The van der Waals surface area contributed by atoms with Gasteiger partial charge in [-0.05, 0) is 43.3 Å². The number of aromatic nitrogens is 3. The van der Waals surface area contributed by atoms with Crippen molar-refractivity contribution in [2.45, 2.75) is 12.1 Å². The molecule has 9 heteroatoms. The van der Waals surface area contributed by atoms with Gasteiger partial charge in [-0.25, -0.2) is 9.07 Å². The summed E-state index contributed by atoms with van der Waals surface area (Å²) in [6, 6.07) is 12.8. The number of carbonyl (C=O) groups excluding carboxylic acids is 1. The minimum absolute atomic E-state index is 0.0280. The van der Waals surface area contributed by atoms with Crippen molar-refractivity contribution in [3.8, 4) is 22.9 Å². The number of halogens is 1. The van der Waals surface area contributed by atoms with Crippen molar-refractivity contribution in [3.05, 3.63) is 54.3 Å². The number of thioether (sulfide) groups is 1. The maximum Gasteiger partial charge on any atom is 0.321 e. The molecular weight excluding hydrogens is 371 g/mol. The molecule has 0 unspecified atom stereocenters. The Bertz CT molecular complexity index is 931. The number of nitrogen functional groups attached to an aromatic ring is 1. The largest absolute Gasteiger partial charge is 0.494 e. The fraction of sp³-hybridized carbons (Fsp3) is 0.167. The number of ether oxygens (including phenoxy) is 2. The number of hydrogen-bond acceptors (Lipinski definition) is 7. The second-order valence-electron chi connectivity index (χ2n) is 5.32. The van der Waals surface area contributed by atoms with Gasteiger partial charge in [0.25, 0.3) is 0 Å². The molecule has 0 amide bonds. The Labute approximate surface area is 159 Å². The second kappa shape index (κ2) is 8.54. The molecule has 0 aliphatic heterocycles. The van der Waals surface area contributed by atoms with Crippen molar-refractivity contribution in [2.75, 3.05) is 18.2 Å². The van der Waals surface area contributed by atoms with Gasteiger partial charge >= 0.3 is 5.97 Å². The van der Waals surface area contributed by atoms with Crippen molar-refractivity contribution < 1.29 is 18.7 Å². The van der Waals surface area contributed by atoms with Crippen molar-refractivity contribution in [2.24, 2.45) is 0 Å². The smallest absolute Gasteiger partial charge is 0.321 e. The molecular formula is C18H17FN4O3S. The molecule has 0 aliphatic carbocycles. The van der Waals surface area contributed by atoms with Gasteiger partial charge in [-0.15, -0.1) is 10.2 Å². The summed E-state index contributed by atoms with van der Waals surface area (Å²) in [7, 11) is 0. The fourth-order valence-electron chi connectivity index (χ4n) is 2.26. The summed E-state index contributed by atoms with van der Waals surface area (Å²) in [6.07, 6.45) is 0. The monoisotopic (exact) mass is 388 g/mol. The predicted octanol–water partition coefficient (Wildman–Crippen LogP) is 2.89. The molecule has 0 fully saturated rings. The van der Waals surface area contributed by atoms with Gasteiger partial charge in [0.05, 0.1) is 17.9 Å². The second-order valence-corrected chi connectivity index (χ2v) is 6.27.